The van der Waals surface area contributed by atoms with Gasteiger partial charge in [0.2, 0.25) is 0 Å². The Morgan fingerprint density at radius 1 is 0.952 bits per heavy atom. The first kappa shape index (κ1) is 14.1. The van der Waals surface area contributed by atoms with Crippen LogP contribution in [0.4, 0.5) is 0 Å². The van der Waals surface area contributed by atoms with Gasteiger partial charge in [0.1, 0.15) is 0 Å². The normalized spacial score (nSPS) is 13.7. The molecule has 0 radical (unpaired) electrons. The largest absolute Gasteiger partial charge is 0.396 e. The predicted octanol–water partition coefficient (Wildman–Crippen LogP) is 4.01. The van der Waals surface area contributed by atoms with Gasteiger partial charge < -0.3 is 10.8 Å². The molecule has 0 fully saturated rings. The van der Waals surface area contributed by atoms with E-state index in [9.17, 15) is 5.11 Å². The van der Waals surface area contributed by atoms with E-state index in [0.29, 0.717) is 0 Å². The molecule has 0 bridgehead atoms. The fourth-order valence-electron chi connectivity index (χ4n) is 2.86. The molecule has 0 aromatic heterocycles. The molecule has 2 heteroatoms. The summed E-state index contributed by atoms with van der Waals surface area (Å²) in [4.78, 5) is 0. The van der Waals surface area contributed by atoms with Gasteiger partial charge in [-0.05, 0) is 33.2 Å². The van der Waals surface area contributed by atoms with Crippen molar-refractivity contribution in [3.8, 4) is 0 Å². The van der Waals surface area contributed by atoms with Crippen LogP contribution in [-0.2, 0) is 0 Å². The molecule has 0 saturated carbocycles. The summed E-state index contributed by atoms with van der Waals surface area (Å²) in [5.41, 5.74) is 7.22. The van der Waals surface area contributed by atoms with Crippen LogP contribution in [0.15, 0.2) is 54.6 Å². The van der Waals surface area contributed by atoms with Crippen LogP contribution >= 0.6 is 0 Å². The Hall–Kier alpha value is -1.90. The molecule has 0 aliphatic rings. The van der Waals surface area contributed by atoms with Crippen LogP contribution in [0.25, 0.3) is 21.5 Å². The lowest BCUT2D eigenvalue weighted by molar-refractivity contribution is 0.133. The molecule has 3 aromatic rings. The van der Waals surface area contributed by atoms with E-state index in [1.54, 1.807) is 0 Å². The Morgan fingerprint density at radius 3 is 2.19 bits per heavy atom. The Bertz CT molecular complexity index is 792. The van der Waals surface area contributed by atoms with Crippen LogP contribution < -0.4 is 5.73 Å². The number of nitrogens with two attached hydrogens (primary N) is 1. The molecule has 0 spiro atoms. The Labute approximate surface area is 125 Å². The van der Waals surface area contributed by atoms with Gasteiger partial charge in [-0.15, -0.1) is 0 Å². The van der Waals surface area contributed by atoms with Crippen LogP contribution in [0.1, 0.15) is 25.5 Å². The van der Waals surface area contributed by atoms with Crippen molar-refractivity contribution >= 4 is 21.5 Å². The van der Waals surface area contributed by atoms with E-state index in [-0.39, 0.29) is 18.1 Å². The first-order chi connectivity index (χ1) is 10.0. The highest BCUT2D eigenvalue weighted by Crippen LogP contribution is 2.37. The molecule has 0 saturated heterocycles. The average Bonchev–Trinajstić information content (AvgIpc) is 2.53. The fraction of sp³-hybridized carbons (Fsp3) is 0.263. The van der Waals surface area contributed by atoms with E-state index in [4.69, 9.17) is 5.73 Å². The van der Waals surface area contributed by atoms with Gasteiger partial charge in [0.05, 0.1) is 0 Å². The summed E-state index contributed by atoms with van der Waals surface area (Å²) in [7, 11) is 0. The van der Waals surface area contributed by atoms with E-state index in [0.717, 1.165) is 5.56 Å². The van der Waals surface area contributed by atoms with Crippen LogP contribution in [0.2, 0.25) is 0 Å². The number of benzene rings is 3. The van der Waals surface area contributed by atoms with Crippen molar-refractivity contribution in [2.45, 2.75) is 19.9 Å². The summed E-state index contributed by atoms with van der Waals surface area (Å²) < 4.78 is 0. The van der Waals surface area contributed by atoms with E-state index in [1.165, 1.54) is 21.5 Å². The van der Waals surface area contributed by atoms with Crippen molar-refractivity contribution in [1.29, 1.82) is 0 Å². The number of fused-ring (bicyclic) bond motifs is 3. The maximum absolute atomic E-state index is 9.63. The number of hydrogen-bond donors (Lipinski definition) is 2. The summed E-state index contributed by atoms with van der Waals surface area (Å²) in [6.07, 6.45) is 0. The quantitative estimate of drug-likeness (QED) is 0.711. The van der Waals surface area contributed by atoms with Crippen molar-refractivity contribution < 1.29 is 5.11 Å². The van der Waals surface area contributed by atoms with Gasteiger partial charge in [-0.2, -0.15) is 0 Å². The van der Waals surface area contributed by atoms with Gasteiger partial charge in [0.15, 0.2) is 0 Å². The zero-order chi connectivity index (χ0) is 15.0. The molecule has 108 valence electrons. The average molecular weight is 279 g/mol. The fourth-order valence-corrected chi connectivity index (χ4v) is 2.86. The van der Waals surface area contributed by atoms with Gasteiger partial charge in [-0.3, -0.25) is 0 Å². The molecule has 21 heavy (non-hydrogen) atoms. The standard InChI is InChI=1S/C19H21NO/c1-19(2,12-21)18(20)17-11-13-7-3-4-8-14(13)15-9-5-6-10-16(15)17/h3-11,18,21H,12,20H2,1-2H3/t18-/m0/s1. The first-order valence-corrected chi connectivity index (χ1v) is 7.31. The lowest BCUT2D eigenvalue weighted by Crippen LogP contribution is -2.32. The molecule has 0 heterocycles. The van der Waals surface area contributed by atoms with E-state index >= 15 is 0 Å². The number of aliphatic hydroxyl groups is 1. The zero-order valence-corrected chi connectivity index (χ0v) is 12.5. The van der Waals surface area contributed by atoms with Crippen molar-refractivity contribution in [3.05, 3.63) is 60.2 Å². The Balaban J connectivity index is 2.35. The van der Waals surface area contributed by atoms with Crippen molar-refractivity contribution in [1.82, 2.24) is 0 Å². The Morgan fingerprint density at radius 2 is 1.52 bits per heavy atom. The van der Waals surface area contributed by atoms with Crippen molar-refractivity contribution in [2.75, 3.05) is 6.61 Å². The summed E-state index contributed by atoms with van der Waals surface area (Å²) >= 11 is 0. The second-order valence-electron chi connectivity index (χ2n) is 6.36. The number of hydrogen-bond acceptors (Lipinski definition) is 2. The maximum Gasteiger partial charge on any atom is 0.0500 e. The lowest BCUT2D eigenvalue weighted by Gasteiger charge is -2.31. The molecular formula is C19H21NO. The number of rotatable bonds is 3. The maximum atomic E-state index is 9.63. The summed E-state index contributed by atoms with van der Waals surface area (Å²) in [5, 5.41) is 14.5. The smallest absolute Gasteiger partial charge is 0.0500 e. The van der Waals surface area contributed by atoms with Gasteiger partial charge in [0.25, 0.3) is 0 Å². The third kappa shape index (κ3) is 2.31. The molecule has 2 nitrogen and oxygen atoms in total. The molecule has 3 rings (SSSR count). The van der Waals surface area contributed by atoms with Crippen LogP contribution in [0.3, 0.4) is 0 Å². The molecule has 0 unspecified atom stereocenters. The van der Waals surface area contributed by atoms with Crippen LogP contribution in [0, 0.1) is 5.41 Å². The van der Waals surface area contributed by atoms with Crippen LogP contribution in [0.5, 0.6) is 0 Å². The van der Waals surface area contributed by atoms with Crippen LogP contribution in [-0.4, -0.2) is 11.7 Å². The van der Waals surface area contributed by atoms with Gasteiger partial charge >= 0.3 is 0 Å². The molecule has 3 aromatic carbocycles. The van der Waals surface area contributed by atoms with Gasteiger partial charge in [-0.1, -0.05) is 62.4 Å². The minimum atomic E-state index is -0.356. The van der Waals surface area contributed by atoms with E-state index in [1.807, 2.05) is 26.0 Å². The monoisotopic (exact) mass is 279 g/mol. The summed E-state index contributed by atoms with van der Waals surface area (Å²) in [5.74, 6) is 0. The summed E-state index contributed by atoms with van der Waals surface area (Å²) in [6, 6.07) is 18.7. The molecule has 0 amide bonds. The molecule has 1 atom stereocenters. The van der Waals surface area contributed by atoms with E-state index in [2.05, 4.69) is 42.5 Å². The van der Waals surface area contributed by atoms with Gasteiger partial charge in [0, 0.05) is 18.1 Å². The van der Waals surface area contributed by atoms with Crippen molar-refractivity contribution in [3.63, 3.8) is 0 Å². The zero-order valence-electron chi connectivity index (χ0n) is 12.5. The predicted molar refractivity (Wildman–Crippen MR) is 89.2 cm³/mol. The second-order valence-corrected chi connectivity index (χ2v) is 6.36. The topological polar surface area (TPSA) is 46.2 Å². The van der Waals surface area contributed by atoms with Gasteiger partial charge in [-0.25, -0.2) is 0 Å². The minimum absolute atomic E-state index is 0.0648. The van der Waals surface area contributed by atoms with E-state index < -0.39 is 0 Å². The first-order valence-electron chi connectivity index (χ1n) is 7.31. The molecule has 3 N–H and O–H groups in total. The second kappa shape index (κ2) is 5.14. The van der Waals surface area contributed by atoms with Crippen molar-refractivity contribution in [2.24, 2.45) is 11.1 Å². The molecular weight excluding hydrogens is 258 g/mol. The minimum Gasteiger partial charge on any atom is -0.396 e. The lowest BCUT2D eigenvalue weighted by atomic mass is 9.79. The third-order valence-electron chi connectivity index (χ3n) is 4.38. The molecule has 0 aliphatic carbocycles. The number of aliphatic hydroxyl groups excluding tert-OH is 1. The molecule has 0 aliphatic heterocycles. The highest BCUT2D eigenvalue weighted by molar-refractivity contribution is 6.09. The Kier molecular flexibility index (Phi) is 3.44. The highest BCUT2D eigenvalue weighted by atomic mass is 16.3. The SMILES string of the molecule is CC(C)(CO)[C@@H](N)c1cc2ccccc2c2ccccc12. The third-order valence-corrected chi connectivity index (χ3v) is 4.38. The summed E-state index contributed by atoms with van der Waals surface area (Å²) in [6.45, 7) is 4.07. The highest BCUT2D eigenvalue weighted by Gasteiger charge is 2.28.